The molecule has 1 heterocycles. The molecule has 0 atom stereocenters. The first-order valence-electron chi connectivity index (χ1n) is 5.22. The Balaban J connectivity index is 1.98. The second-order valence-corrected chi connectivity index (χ2v) is 3.62. The maximum atomic E-state index is 10.5. The van der Waals surface area contributed by atoms with E-state index in [4.69, 9.17) is 5.26 Å². The van der Waals surface area contributed by atoms with Crippen molar-refractivity contribution in [3.63, 3.8) is 0 Å². The van der Waals surface area contributed by atoms with Crippen LogP contribution in [0, 0.1) is 21.4 Å². The average molecular weight is 243 g/mol. The summed E-state index contributed by atoms with van der Waals surface area (Å²) in [5, 5.41) is 23.0. The normalized spacial score (nSPS) is 9.94. The summed E-state index contributed by atoms with van der Waals surface area (Å²) in [6.07, 6.45) is 2.16. The molecule has 0 spiro atoms. The largest absolute Gasteiger partial charge is 0.269 e. The van der Waals surface area contributed by atoms with Crippen LogP contribution in [0.5, 0.6) is 0 Å². The van der Waals surface area contributed by atoms with E-state index in [-0.39, 0.29) is 11.5 Å². The fourth-order valence-electron chi connectivity index (χ4n) is 1.48. The van der Waals surface area contributed by atoms with Gasteiger partial charge in [-0.25, -0.2) is 4.98 Å². The highest BCUT2D eigenvalue weighted by Gasteiger charge is 2.04. The summed E-state index contributed by atoms with van der Waals surface area (Å²) in [5.41, 5.74) is 1.04. The molecule has 0 fully saturated rings. The third-order valence-corrected chi connectivity index (χ3v) is 2.41. The predicted molar refractivity (Wildman–Crippen MR) is 61.5 cm³/mol. The molecule has 1 aromatic carbocycles. The third-order valence-electron chi connectivity index (χ3n) is 2.41. The van der Waals surface area contributed by atoms with Crippen LogP contribution in [-0.2, 0) is 13.0 Å². The van der Waals surface area contributed by atoms with Crippen molar-refractivity contribution in [3.8, 4) is 6.07 Å². The van der Waals surface area contributed by atoms with Crippen LogP contribution in [0.1, 0.15) is 11.4 Å². The highest BCUT2D eigenvalue weighted by molar-refractivity contribution is 5.32. The van der Waals surface area contributed by atoms with Gasteiger partial charge in [0.1, 0.15) is 12.4 Å². The second-order valence-electron chi connectivity index (χ2n) is 3.62. The number of hydrogen-bond acceptors (Lipinski definition) is 5. The van der Waals surface area contributed by atoms with E-state index in [1.54, 1.807) is 16.8 Å². The Kier molecular flexibility index (Phi) is 3.29. The lowest BCUT2D eigenvalue weighted by Crippen LogP contribution is -2.02. The fourth-order valence-corrected chi connectivity index (χ4v) is 1.48. The van der Waals surface area contributed by atoms with Crippen LogP contribution < -0.4 is 0 Å². The molecule has 2 rings (SSSR count). The maximum absolute atomic E-state index is 10.5. The van der Waals surface area contributed by atoms with E-state index in [9.17, 15) is 10.1 Å². The molecule has 7 heteroatoms. The SMILES string of the molecule is N#Cc1ncn(CCc2ccc([N+](=O)[O-])cc2)n1. The van der Waals surface area contributed by atoms with Gasteiger partial charge in [0.25, 0.3) is 11.5 Å². The lowest BCUT2D eigenvalue weighted by atomic mass is 10.1. The number of benzene rings is 1. The predicted octanol–water partition coefficient (Wildman–Crippen LogP) is 1.30. The number of aromatic nitrogens is 3. The van der Waals surface area contributed by atoms with Gasteiger partial charge in [-0.1, -0.05) is 12.1 Å². The number of nitro benzene ring substituents is 1. The van der Waals surface area contributed by atoms with E-state index < -0.39 is 4.92 Å². The van der Waals surface area contributed by atoms with E-state index >= 15 is 0 Å². The van der Waals surface area contributed by atoms with Crippen LogP contribution in [0.3, 0.4) is 0 Å². The quantitative estimate of drug-likeness (QED) is 0.595. The summed E-state index contributed by atoms with van der Waals surface area (Å²) < 4.78 is 1.57. The molecule has 0 unspecified atom stereocenters. The van der Waals surface area contributed by atoms with Crippen molar-refractivity contribution in [2.45, 2.75) is 13.0 Å². The first-order valence-corrected chi connectivity index (χ1v) is 5.22. The molecule has 0 aliphatic rings. The number of aryl methyl sites for hydroxylation is 2. The second kappa shape index (κ2) is 5.05. The summed E-state index contributed by atoms with van der Waals surface area (Å²) in [7, 11) is 0. The third kappa shape index (κ3) is 2.68. The van der Waals surface area contributed by atoms with E-state index in [0.29, 0.717) is 13.0 Å². The van der Waals surface area contributed by atoms with Gasteiger partial charge in [0.05, 0.1) is 4.92 Å². The summed E-state index contributed by atoms with van der Waals surface area (Å²) in [6.45, 7) is 0.576. The molecule has 0 bridgehead atoms. The number of nitrogens with zero attached hydrogens (tertiary/aromatic N) is 5. The zero-order chi connectivity index (χ0) is 13.0. The van der Waals surface area contributed by atoms with Crippen LogP contribution in [0.4, 0.5) is 5.69 Å². The van der Waals surface area contributed by atoms with Crippen LogP contribution in [0.2, 0.25) is 0 Å². The standard InChI is InChI=1S/C11H9N5O2/c12-7-11-13-8-15(14-11)6-5-9-1-3-10(4-2-9)16(17)18/h1-4,8H,5-6H2. The molecular formula is C11H9N5O2. The summed E-state index contributed by atoms with van der Waals surface area (Å²) in [6, 6.07) is 8.20. The number of nitriles is 1. The van der Waals surface area contributed by atoms with Crippen molar-refractivity contribution < 1.29 is 4.92 Å². The van der Waals surface area contributed by atoms with Crippen molar-refractivity contribution in [1.29, 1.82) is 5.26 Å². The number of non-ortho nitro benzene ring substituents is 1. The molecule has 2 aromatic rings. The molecule has 18 heavy (non-hydrogen) atoms. The van der Waals surface area contributed by atoms with Crippen molar-refractivity contribution in [2.24, 2.45) is 0 Å². The van der Waals surface area contributed by atoms with Gasteiger partial charge in [0, 0.05) is 18.7 Å². The highest BCUT2D eigenvalue weighted by atomic mass is 16.6. The van der Waals surface area contributed by atoms with Gasteiger partial charge in [-0.3, -0.25) is 14.8 Å². The molecule has 90 valence electrons. The Morgan fingerprint density at radius 1 is 1.39 bits per heavy atom. The molecule has 0 amide bonds. The van der Waals surface area contributed by atoms with Gasteiger partial charge >= 0.3 is 0 Å². The van der Waals surface area contributed by atoms with Crippen molar-refractivity contribution in [1.82, 2.24) is 14.8 Å². The van der Waals surface area contributed by atoms with E-state index in [2.05, 4.69) is 10.1 Å². The molecule has 7 nitrogen and oxygen atoms in total. The first kappa shape index (κ1) is 11.7. The Morgan fingerprint density at radius 3 is 2.67 bits per heavy atom. The average Bonchev–Trinajstić information content (AvgIpc) is 2.85. The minimum absolute atomic E-state index is 0.0753. The molecule has 0 saturated carbocycles. The van der Waals surface area contributed by atoms with Crippen LogP contribution in [-0.4, -0.2) is 19.7 Å². The molecule has 0 N–H and O–H groups in total. The lowest BCUT2D eigenvalue weighted by molar-refractivity contribution is -0.384. The monoisotopic (exact) mass is 243 g/mol. The van der Waals surface area contributed by atoms with Gasteiger partial charge in [0.15, 0.2) is 0 Å². The van der Waals surface area contributed by atoms with E-state index in [1.165, 1.54) is 18.5 Å². The minimum Gasteiger partial charge on any atom is -0.258 e. The molecule has 0 aliphatic heterocycles. The van der Waals surface area contributed by atoms with Crippen LogP contribution in [0.15, 0.2) is 30.6 Å². The number of nitro groups is 1. The smallest absolute Gasteiger partial charge is 0.258 e. The van der Waals surface area contributed by atoms with E-state index in [0.717, 1.165) is 5.56 Å². The van der Waals surface area contributed by atoms with E-state index in [1.807, 2.05) is 6.07 Å². The summed E-state index contributed by atoms with van der Waals surface area (Å²) in [5.74, 6) is 0.138. The Hall–Kier alpha value is -2.75. The maximum Gasteiger partial charge on any atom is 0.269 e. The summed E-state index contributed by atoms with van der Waals surface area (Å²) in [4.78, 5) is 13.8. The topological polar surface area (TPSA) is 97.6 Å². The van der Waals surface area contributed by atoms with Gasteiger partial charge in [-0.2, -0.15) is 5.26 Å². The minimum atomic E-state index is -0.430. The first-order chi connectivity index (χ1) is 8.69. The number of hydrogen-bond donors (Lipinski definition) is 0. The Bertz CT molecular complexity index is 597. The van der Waals surface area contributed by atoms with Gasteiger partial charge in [0.2, 0.25) is 0 Å². The fraction of sp³-hybridized carbons (Fsp3) is 0.182. The number of rotatable bonds is 4. The van der Waals surface area contributed by atoms with Crippen molar-refractivity contribution >= 4 is 5.69 Å². The lowest BCUT2D eigenvalue weighted by Gasteiger charge is -2.00. The Labute approximate surface area is 102 Å². The molecule has 1 aromatic heterocycles. The van der Waals surface area contributed by atoms with Gasteiger partial charge in [-0.05, 0) is 12.0 Å². The molecule has 0 saturated heterocycles. The molecular weight excluding hydrogens is 234 g/mol. The van der Waals surface area contributed by atoms with Gasteiger partial charge < -0.3 is 0 Å². The van der Waals surface area contributed by atoms with Crippen molar-refractivity contribution in [2.75, 3.05) is 0 Å². The van der Waals surface area contributed by atoms with Crippen LogP contribution in [0.25, 0.3) is 0 Å². The zero-order valence-corrected chi connectivity index (χ0v) is 9.35. The highest BCUT2D eigenvalue weighted by Crippen LogP contribution is 2.12. The van der Waals surface area contributed by atoms with Gasteiger partial charge in [-0.15, -0.1) is 5.10 Å². The van der Waals surface area contributed by atoms with Crippen molar-refractivity contribution in [3.05, 3.63) is 52.1 Å². The molecule has 0 radical (unpaired) electrons. The Morgan fingerprint density at radius 2 is 2.11 bits per heavy atom. The summed E-state index contributed by atoms with van der Waals surface area (Å²) >= 11 is 0. The van der Waals surface area contributed by atoms with Crippen LogP contribution >= 0.6 is 0 Å². The molecule has 0 aliphatic carbocycles. The zero-order valence-electron chi connectivity index (χ0n) is 9.35.